The molecular formula is C14H18N2O5. The van der Waals surface area contributed by atoms with Gasteiger partial charge in [0.15, 0.2) is 0 Å². The number of aryl methyl sites for hydroxylation is 1. The Kier molecular flexibility index (Phi) is 5.83. The van der Waals surface area contributed by atoms with Gasteiger partial charge < -0.3 is 10.4 Å². The molecule has 0 saturated heterocycles. The molecule has 7 heteroatoms. The van der Waals surface area contributed by atoms with Gasteiger partial charge in [-0.25, -0.2) is 0 Å². The van der Waals surface area contributed by atoms with Gasteiger partial charge in [-0.3, -0.25) is 19.7 Å². The third-order valence-corrected chi connectivity index (χ3v) is 3.06. The van der Waals surface area contributed by atoms with Gasteiger partial charge in [-0.2, -0.15) is 0 Å². The molecule has 0 aliphatic rings. The summed E-state index contributed by atoms with van der Waals surface area (Å²) < 4.78 is 0. The second-order valence-electron chi connectivity index (χ2n) is 4.92. The number of carboxylic acids is 1. The largest absolute Gasteiger partial charge is 0.481 e. The Morgan fingerprint density at radius 3 is 2.62 bits per heavy atom. The van der Waals surface area contributed by atoms with E-state index in [0.29, 0.717) is 24.0 Å². The van der Waals surface area contributed by atoms with Gasteiger partial charge in [0.2, 0.25) is 0 Å². The Morgan fingerprint density at radius 1 is 1.43 bits per heavy atom. The predicted molar refractivity (Wildman–Crippen MR) is 76.2 cm³/mol. The average Bonchev–Trinajstić information content (AvgIpc) is 2.37. The lowest BCUT2D eigenvalue weighted by Crippen LogP contribution is -2.32. The molecular weight excluding hydrogens is 276 g/mol. The van der Waals surface area contributed by atoms with Crippen molar-refractivity contribution < 1.29 is 19.6 Å². The van der Waals surface area contributed by atoms with E-state index in [2.05, 4.69) is 5.32 Å². The van der Waals surface area contributed by atoms with Crippen LogP contribution in [-0.4, -0.2) is 27.9 Å². The summed E-state index contributed by atoms with van der Waals surface area (Å²) in [5, 5.41) is 22.0. The van der Waals surface area contributed by atoms with Crippen LogP contribution in [0.25, 0.3) is 0 Å². The van der Waals surface area contributed by atoms with Crippen molar-refractivity contribution in [2.45, 2.75) is 39.2 Å². The molecule has 1 unspecified atom stereocenters. The molecule has 0 aliphatic heterocycles. The second-order valence-corrected chi connectivity index (χ2v) is 4.92. The van der Waals surface area contributed by atoms with E-state index < -0.39 is 10.9 Å². The van der Waals surface area contributed by atoms with Crippen molar-refractivity contribution in [3.8, 4) is 0 Å². The first-order valence-corrected chi connectivity index (χ1v) is 6.59. The molecule has 1 aromatic rings. The fourth-order valence-electron chi connectivity index (χ4n) is 1.94. The highest BCUT2D eigenvalue weighted by atomic mass is 16.6. The third-order valence-electron chi connectivity index (χ3n) is 3.06. The number of carbonyl (C=O) groups is 2. The van der Waals surface area contributed by atoms with Crippen LogP contribution in [0.4, 0.5) is 5.69 Å². The number of nitro benzene ring substituents is 1. The molecule has 0 heterocycles. The Hall–Kier alpha value is -2.44. The molecule has 7 nitrogen and oxygen atoms in total. The summed E-state index contributed by atoms with van der Waals surface area (Å²) in [6, 6.07) is 4.02. The number of hydrogen-bond donors (Lipinski definition) is 2. The molecule has 0 aromatic heterocycles. The fraction of sp³-hybridized carbons (Fsp3) is 0.429. The van der Waals surface area contributed by atoms with Gasteiger partial charge >= 0.3 is 5.97 Å². The lowest BCUT2D eigenvalue weighted by molar-refractivity contribution is -0.385. The van der Waals surface area contributed by atoms with Crippen LogP contribution in [0, 0.1) is 17.0 Å². The summed E-state index contributed by atoms with van der Waals surface area (Å²) in [4.78, 5) is 32.6. The molecule has 1 rings (SSSR count). The van der Waals surface area contributed by atoms with Crippen molar-refractivity contribution in [1.29, 1.82) is 0 Å². The molecule has 114 valence electrons. The number of nitrogens with one attached hydrogen (secondary N) is 1. The van der Waals surface area contributed by atoms with Gasteiger partial charge in [-0.15, -0.1) is 0 Å². The Bertz CT molecular complexity index is 556. The fourth-order valence-corrected chi connectivity index (χ4v) is 1.94. The number of rotatable bonds is 7. The van der Waals surface area contributed by atoms with Crippen LogP contribution < -0.4 is 5.32 Å². The smallest absolute Gasteiger partial charge is 0.303 e. The highest BCUT2D eigenvalue weighted by Gasteiger charge is 2.15. The number of aliphatic carboxylic acids is 1. The van der Waals surface area contributed by atoms with Crippen molar-refractivity contribution in [2.75, 3.05) is 0 Å². The number of amides is 1. The number of nitrogens with zero attached hydrogens (tertiary/aromatic N) is 1. The van der Waals surface area contributed by atoms with E-state index in [9.17, 15) is 19.7 Å². The molecule has 0 radical (unpaired) electrons. The van der Waals surface area contributed by atoms with Crippen molar-refractivity contribution in [2.24, 2.45) is 0 Å². The first-order valence-electron chi connectivity index (χ1n) is 6.59. The van der Waals surface area contributed by atoms with E-state index in [-0.39, 0.29) is 24.1 Å². The molecule has 1 aromatic carbocycles. The quantitative estimate of drug-likeness (QED) is 0.592. The van der Waals surface area contributed by atoms with Gasteiger partial charge in [-0.1, -0.05) is 0 Å². The van der Waals surface area contributed by atoms with Gasteiger partial charge in [0.1, 0.15) is 0 Å². The zero-order valence-electron chi connectivity index (χ0n) is 12.0. The molecule has 0 aliphatic carbocycles. The van der Waals surface area contributed by atoms with E-state index in [1.165, 1.54) is 18.2 Å². The van der Waals surface area contributed by atoms with Crippen molar-refractivity contribution >= 4 is 17.6 Å². The van der Waals surface area contributed by atoms with Crippen LogP contribution in [0.2, 0.25) is 0 Å². The normalized spacial score (nSPS) is 11.7. The molecule has 0 bridgehead atoms. The molecule has 0 fully saturated rings. The van der Waals surface area contributed by atoms with Crippen LogP contribution in [0.3, 0.4) is 0 Å². The van der Waals surface area contributed by atoms with Crippen molar-refractivity contribution in [3.05, 3.63) is 39.4 Å². The van der Waals surface area contributed by atoms with Crippen LogP contribution in [-0.2, 0) is 4.79 Å². The summed E-state index contributed by atoms with van der Waals surface area (Å²) in [5.74, 6) is -1.18. The molecule has 21 heavy (non-hydrogen) atoms. The minimum Gasteiger partial charge on any atom is -0.481 e. The molecule has 0 saturated carbocycles. The Balaban J connectivity index is 2.61. The number of carboxylic acid groups (broad SMARTS) is 1. The molecule has 0 spiro atoms. The van der Waals surface area contributed by atoms with Gasteiger partial charge in [0.05, 0.1) is 4.92 Å². The van der Waals surface area contributed by atoms with Gasteiger partial charge in [-0.05, 0) is 38.8 Å². The zero-order valence-corrected chi connectivity index (χ0v) is 12.0. The maximum Gasteiger partial charge on any atom is 0.303 e. The van der Waals surface area contributed by atoms with E-state index in [0.717, 1.165) is 0 Å². The second kappa shape index (κ2) is 7.37. The maximum atomic E-state index is 12.0. The maximum absolute atomic E-state index is 12.0. The lowest BCUT2D eigenvalue weighted by Gasteiger charge is -2.13. The highest BCUT2D eigenvalue weighted by Crippen LogP contribution is 2.18. The summed E-state index contributed by atoms with van der Waals surface area (Å²) in [6.07, 6.45) is 1.11. The van der Waals surface area contributed by atoms with Crippen molar-refractivity contribution in [1.82, 2.24) is 5.32 Å². The molecule has 1 amide bonds. The van der Waals surface area contributed by atoms with Crippen LogP contribution >= 0.6 is 0 Å². The van der Waals surface area contributed by atoms with Crippen LogP contribution in [0.1, 0.15) is 42.1 Å². The van der Waals surface area contributed by atoms with Crippen LogP contribution in [0.5, 0.6) is 0 Å². The Labute approximate surface area is 122 Å². The average molecular weight is 294 g/mol. The monoisotopic (exact) mass is 294 g/mol. The highest BCUT2D eigenvalue weighted by molar-refractivity contribution is 5.94. The summed E-state index contributed by atoms with van der Waals surface area (Å²) in [5.41, 5.74) is 0.746. The van der Waals surface area contributed by atoms with Crippen molar-refractivity contribution in [3.63, 3.8) is 0 Å². The van der Waals surface area contributed by atoms with E-state index in [1.54, 1.807) is 13.8 Å². The zero-order chi connectivity index (χ0) is 16.0. The summed E-state index contributed by atoms with van der Waals surface area (Å²) in [6.45, 7) is 3.36. The van der Waals surface area contributed by atoms with E-state index in [4.69, 9.17) is 5.11 Å². The standard InChI is InChI=1S/C14H18N2O5/c1-9-8-11(6-7-12(9)16(20)21)14(19)15-10(2)4-3-5-13(17)18/h6-8,10H,3-5H2,1-2H3,(H,15,19)(H,17,18). The SMILES string of the molecule is Cc1cc(C(=O)NC(C)CCCC(=O)O)ccc1[N+](=O)[O-]. The summed E-state index contributed by atoms with van der Waals surface area (Å²) in [7, 11) is 0. The van der Waals surface area contributed by atoms with Crippen LogP contribution in [0.15, 0.2) is 18.2 Å². The number of nitro groups is 1. The lowest BCUT2D eigenvalue weighted by atomic mass is 10.1. The topological polar surface area (TPSA) is 110 Å². The minimum atomic E-state index is -0.862. The summed E-state index contributed by atoms with van der Waals surface area (Å²) >= 11 is 0. The van der Waals surface area contributed by atoms with Gasteiger partial charge in [0, 0.05) is 29.7 Å². The molecule has 1 atom stereocenters. The number of hydrogen-bond acceptors (Lipinski definition) is 4. The van der Waals surface area contributed by atoms with Gasteiger partial charge in [0.25, 0.3) is 11.6 Å². The van der Waals surface area contributed by atoms with E-state index >= 15 is 0 Å². The molecule has 2 N–H and O–H groups in total. The number of carbonyl (C=O) groups excluding carboxylic acids is 1. The number of benzene rings is 1. The minimum absolute atomic E-state index is 0.0268. The first kappa shape index (κ1) is 16.6. The third kappa shape index (κ3) is 5.21. The van der Waals surface area contributed by atoms with E-state index in [1.807, 2.05) is 0 Å². The first-order chi connectivity index (χ1) is 9.81. The Morgan fingerprint density at radius 2 is 2.10 bits per heavy atom. The predicted octanol–water partition coefficient (Wildman–Crippen LogP) is 2.28.